The zero-order valence-electron chi connectivity index (χ0n) is 11.0. The summed E-state index contributed by atoms with van der Waals surface area (Å²) in [6.45, 7) is 0. The largest absolute Gasteiger partial charge is 0.417 e. The Bertz CT molecular complexity index is 856. The van der Waals surface area contributed by atoms with E-state index in [4.69, 9.17) is 11.6 Å². The van der Waals surface area contributed by atoms with Crippen molar-refractivity contribution < 1.29 is 26.0 Å². The van der Waals surface area contributed by atoms with Gasteiger partial charge in [0.25, 0.3) is 10.0 Å². The molecule has 124 valence electrons. The highest BCUT2D eigenvalue weighted by molar-refractivity contribution is 9.10. The highest BCUT2D eigenvalue weighted by Gasteiger charge is 2.33. The number of rotatable bonds is 3. The zero-order chi connectivity index (χ0) is 17.4. The lowest BCUT2D eigenvalue weighted by molar-refractivity contribution is -0.138. The van der Waals surface area contributed by atoms with E-state index in [0.717, 1.165) is 30.3 Å². The highest BCUT2D eigenvalue weighted by atomic mass is 79.9. The summed E-state index contributed by atoms with van der Waals surface area (Å²) in [6, 6.07) is 5.53. The Morgan fingerprint density at radius 3 is 2.30 bits per heavy atom. The molecule has 10 heteroatoms. The van der Waals surface area contributed by atoms with E-state index in [2.05, 4.69) is 15.9 Å². The van der Waals surface area contributed by atoms with Crippen molar-refractivity contribution in [3.63, 3.8) is 0 Å². The van der Waals surface area contributed by atoms with E-state index < -0.39 is 32.6 Å². The third kappa shape index (κ3) is 4.15. The summed E-state index contributed by atoms with van der Waals surface area (Å²) in [6.07, 6.45) is -4.65. The van der Waals surface area contributed by atoms with Gasteiger partial charge in [0.15, 0.2) is 0 Å². The van der Waals surface area contributed by atoms with Crippen molar-refractivity contribution in [3.05, 3.63) is 57.3 Å². The zero-order valence-corrected chi connectivity index (χ0v) is 14.1. The molecule has 0 atom stereocenters. The van der Waals surface area contributed by atoms with Crippen molar-refractivity contribution in [1.82, 2.24) is 0 Å². The maximum atomic E-state index is 13.1. The molecule has 0 radical (unpaired) electrons. The molecule has 1 N–H and O–H groups in total. The van der Waals surface area contributed by atoms with Crippen LogP contribution in [-0.2, 0) is 16.2 Å². The van der Waals surface area contributed by atoms with Crippen LogP contribution in [0.15, 0.2) is 45.8 Å². The van der Waals surface area contributed by atoms with Gasteiger partial charge in [0, 0.05) is 10.2 Å². The fourth-order valence-corrected chi connectivity index (χ4v) is 3.46. The molecule has 0 saturated heterocycles. The van der Waals surface area contributed by atoms with Gasteiger partial charge in [0.05, 0.1) is 15.5 Å². The van der Waals surface area contributed by atoms with Gasteiger partial charge in [-0.2, -0.15) is 13.2 Å². The average Bonchev–Trinajstić information content (AvgIpc) is 2.42. The number of hydrogen-bond donors (Lipinski definition) is 1. The van der Waals surface area contributed by atoms with Crippen LogP contribution in [0.5, 0.6) is 0 Å². The van der Waals surface area contributed by atoms with Gasteiger partial charge in [0.1, 0.15) is 5.82 Å². The molecule has 0 saturated carbocycles. The fraction of sp³-hybridized carbons (Fsp3) is 0.0769. The number of hydrogen-bond acceptors (Lipinski definition) is 2. The second-order valence-electron chi connectivity index (χ2n) is 4.37. The van der Waals surface area contributed by atoms with E-state index >= 15 is 0 Å². The van der Waals surface area contributed by atoms with E-state index in [1.54, 1.807) is 0 Å². The van der Waals surface area contributed by atoms with Crippen LogP contribution in [0, 0.1) is 5.82 Å². The molecule has 0 aliphatic heterocycles. The third-order valence-corrected chi connectivity index (χ3v) is 5.09. The first-order valence-electron chi connectivity index (χ1n) is 5.85. The van der Waals surface area contributed by atoms with E-state index in [1.807, 2.05) is 4.72 Å². The number of alkyl halides is 3. The lowest BCUT2D eigenvalue weighted by Gasteiger charge is -2.13. The minimum atomic E-state index is -4.65. The van der Waals surface area contributed by atoms with Gasteiger partial charge in [0.2, 0.25) is 0 Å². The summed E-state index contributed by atoms with van der Waals surface area (Å²) in [4.78, 5) is -0.375. The molecule has 0 aromatic heterocycles. The lowest BCUT2D eigenvalue weighted by Crippen LogP contribution is -2.14. The lowest BCUT2D eigenvalue weighted by atomic mass is 10.2. The Morgan fingerprint density at radius 1 is 1.09 bits per heavy atom. The Balaban J connectivity index is 2.39. The van der Waals surface area contributed by atoms with Gasteiger partial charge in [-0.15, -0.1) is 0 Å². The van der Waals surface area contributed by atoms with Gasteiger partial charge in [-0.3, -0.25) is 4.72 Å². The normalized spacial score (nSPS) is 12.3. The Labute approximate surface area is 142 Å². The minimum Gasteiger partial charge on any atom is -0.280 e. The van der Waals surface area contributed by atoms with Crippen molar-refractivity contribution in [2.75, 3.05) is 4.72 Å². The van der Waals surface area contributed by atoms with Crippen molar-refractivity contribution in [2.24, 2.45) is 0 Å². The van der Waals surface area contributed by atoms with Crippen molar-refractivity contribution >= 4 is 43.2 Å². The first-order chi connectivity index (χ1) is 10.5. The molecule has 0 spiro atoms. The summed E-state index contributed by atoms with van der Waals surface area (Å²) >= 11 is 8.26. The summed E-state index contributed by atoms with van der Waals surface area (Å²) in [5.41, 5.74) is -1.32. The molecule has 2 rings (SSSR count). The van der Waals surface area contributed by atoms with Crippen LogP contribution in [0.3, 0.4) is 0 Å². The molecule has 23 heavy (non-hydrogen) atoms. The first-order valence-corrected chi connectivity index (χ1v) is 8.51. The van der Waals surface area contributed by atoms with E-state index in [9.17, 15) is 26.0 Å². The quantitative estimate of drug-likeness (QED) is 0.689. The average molecular weight is 433 g/mol. The topological polar surface area (TPSA) is 46.2 Å². The van der Waals surface area contributed by atoms with E-state index in [0.29, 0.717) is 6.07 Å². The van der Waals surface area contributed by atoms with Gasteiger partial charge in [-0.1, -0.05) is 27.5 Å². The van der Waals surface area contributed by atoms with E-state index in [-0.39, 0.29) is 15.1 Å². The molecule has 0 aliphatic rings. The monoisotopic (exact) mass is 431 g/mol. The highest BCUT2D eigenvalue weighted by Crippen LogP contribution is 2.36. The summed E-state index contributed by atoms with van der Waals surface area (Å²) in [5, 5.41) is -0.417. The smallest absolute Gasteiger partial charge is 0.280 e. The number of sulfonamides is 1. The Hall–Kier alpha value is -1.32. The van der Waals surface area contributed by atoms with Gasteiger partial charge in [-0.05, 0) is 36.4 Å². The minimum absolute atomic E-state index is 0.224. The molecule has 3 nitrogen and oxygen atoms in total. The standard InChI is InChI=1S/C13H7BrClF4NO2S/c14-10-3-1-7(5-9(10)13(17,18)19)20-23(21,22)8-2-4-12(16)11(15)6-8/h1-6,20H. The maximum Gasteiger partial charge on any atom is 0.417 e. The molecule has 2 aromatic rings. The van der Waals surface area contributed by atoms with Crippen LogP contribution < -0.4 is 4.72 Å². The molecule has 2 aromatic carbocycles. The molecule has 0 aliphatic carbocycles. The van der Waals surface area contributed by atoms with Gasteiger partial charge >= 0.3 is 6.18 Å². The third-order valence-electron chi connectivity index (χ3n) is 2.73. The van der Waals surface area contributed by atoms with E-state index in [1.165, 1.54) is 0 Å². The number of nitrogens with one attached hydrogen (secondary N) is 1. The van der Waals surface area contributed by atoms with Crippen LogP contribution >= 0.6 is 27.5 Å². The molecule has 0 amide bonds. The predicted molar refractivity (Wildman–Crippen MR) is 81.4 cm³/mol. The van der Waals surface area contributed by atoms with Crippen LogP contribution in [0.1, 0.15) is 5.56 Å². The maximum absolute atomic E-state index is 13.1. The predicted octanol–water partition coefficient (Wildman–Crippen LogP) is 5.06. The second-order valence-corrected chi connectivity index (χ2v) is 7.32. The van der Waals surface area contributed by atoms with Crippen molar-refractivity contribution in [3.8, 4) is 0 Å². The van der Waals surface area contributed by atoms with Crippen LogP contribution in [0.4, 0.5) is 23.2 Å². The summed E-state index contributed by atoms with van der Waals surface area (Å²) in [5.74, 6) is -0.811. The molecule has 0 unspecified atom stereocenters. The Morgan fingerprint density at radius 2 is 1.74 bits per heavy atom. The van der Waals surface area contributed by atoms with Crippen molar-refractivity contribution in [2.45, 2.75) is 11.1 Å². The Kier molecular flexibility index (Phi) is 4.93. The summed E-state index contributed by atoms with van der Waals surface area (Å²) < 4.78 is 77.5. The van der Waals surface area contributed by atoms with Crippen LogP contribution in [0.25, 0.3) is 0 Å². The van der Waals surface area contributed by atoms with Crippen molar-refractivity contribution in [1.29, 1.82) is 0 Å². The first kappa shape index (κ1) is 18.0. The van der Waals surface area contributed by atoms with Crippen LogP contribution in [0.2, 0.25) is 5.02 Å². The van der Waals surface area contributed by atoms with Gasteiger partial charge in [-0.25, -0.2) is 12.8 Å². The molecule has 0 heterocycles. The summed E-state index contributed by atoms with van der Waals surface area (Å²) in [7, 11) is -4.21. The van der Waals surface area contributed by atoms with Gasteiger partial charge < -0.3 is 0 Å². The number of benzene rings is 2. The van der Waals surface area contributed by atoms with Crippen LogP contribution in [-0.4, -0.2) is 8.42 Å². The molecule has 0 bridgehead atoms. The molecular weight excluding hydrogens is 426 g/mol. The molecular formula is C13H7BrClF4NO2S. The SMILES string of the molecule is O=S(=O)(Nc1ccc(Br)c(C(F)(F)F)c1)c1ccc(F)c(Cl)c1. The second kappa shape index (κ2) is 6.29. The number of halogens is 6. The number of anilines is 1. The fourth-order valence-electron chi connectivity index (χ4n) is 1.66. The molecule has 0 fully saturated rings.